The molecule has 3 rings (SSSR count). The number of nitrogens with zero attached hydrogens (tertiary/aromatic N) is 1. The first-order chi connectivity index (χ1) is 12.0. The van der Waals surface area contributed by atoms with Crippen LogP contribution in [-0.4, -0.2) is 23.9 Å². The minimum atomic E-state index is 0.184. The van der Waals surface area contributed by atoms with E-state index in [-0.39, 0.29) is 5.91 Å². The number of rotatable bonds is 3. The third-order valence-electron chi connectivity index (χ3n) is 6.30. The number of allylic oxidation sites excluding steroid dienone is 4. The van der Waals surface area contributed by atoms with Gasteiger partial charge in [0, 0.05) is 20.0 Å². The number of hydrogen-bond acceptors (Lipinski definition) is 1. The first-order valence-corrected chi connectivity index (χ1v) is 9.62. The fraction of sp³-hybridized carbons (Fsp3) is 0.522. The van der Waals surface area contributed by atoms with Gasteiger partial charge in [0.05, 0.1) is 0 Å². The average Bonchev–Trinajstić information content (AvgIpc) is 2.61. The van der Waals surface area contributed by atoms with E-state index >= 15 is 0 Å². The molecular formula is C23H31NO. The SMILES string of the molecule is CC(=O)N(C)C1CC(C2=C(C)C=CCC2)CC(c2ccccc2C)C1. The van der Waals surface area contributed by atoms with Crippen LogP contribution in [0.3, 0.4) is 0 Å². The van der Waals surface area contributed by atoms with Gasteiger partial charge in [-0.3, -0.25) is 4.79 Å². The van der Waals surface area contributed by atoms with Crippen LogP contribution in [0.2, 0.25) is 0 Å². The number of carbonyl (C=O) groups excluding carboxylic acids is 1. The zero-order valence-electron chi connectivity index (χ0n) is 16.1. The van der Waals surface area contributed by atoms with E-state index in [1.807, 2.05) is 11.9 Å². The largest absolute Gasteiger partial charge is 0.343 e. The van der Waals surface area contributed by atoms with Gasteiger partial charge in [-0.15, -0.1) is 0 Å². The summed E-state index contributed by atoms with van der Waals surface area (Å²) in [6.07, 6.45) is 10.3. The molecule has 0 aliphatic heterocycles. The van der Waals surface area contributed by atoms with Crippen molar-refractivity contribution in [1.29, 1.82) is 0 Å². The van der Waals surface area contributed by atoms with Crippen LogP contribution in [0.25, 0.3) is 0 Å². The van der Waals surface area contributed by atoms with Gasteiger partial charge in [0.15, 0.2) is 0 Å². The zero-order chi connectivity index (χ0) is 18.0. The molecule has 0 heterocycles. The molecular weight excluding hydrogens is 306 g/mol. The van der Waals surface area contributed by atoms with Crippen LogP contribution in [0.4, 0.5) is 0 Å². The molecule has 25 heavy (non-hydrogen) atoms. The maximum absolute atomic E-state index is 12.0. The van der Waals surface area contributed by atoms with E-state index in [1.165, 1.54) is 29.5 Å². The predicted octanol–water partition coefficient (Wildman–Crippen LogP) is 5.39. The summed E-state index contributed by atoms with van der Waals surface area (Å²) in [6.45, 7) is 6.17. The van der Waals surface area contributed by atoms with E-state index in [2.05, 4.69) is 50.3 Å². The molecule has 1 saturated carbocycles. The monoisotopic (exact) mass is 337 g/mol. The molecule has 0 spiro atoms. The highest BCUT2D eigenvalue weighted by Crippen LogP contribution is 2.44. The Balaban J connectivity index is 1.93. The first kappa shape index (κ1) is 18.0. The van der Waals surface area contributed by atoms with Crippen LogP contribution in [0.1, 0.15) is 63.0 Å². The second kappa shape index (κ2) is 7.59. The van der Waals surface area contributed by atoms with Crippen LogP contribution in [0.5, 0.6) is 0 Å². The van der Waals surface area contributed by atoms with Crippen LogP contribution < -0.4 is 0 Å². The molecule has 1 fully saturated rings. The number of hydrogen-bond donors (Lipinski definition) is 0. The zero-order valence-corrected chi connectivity index (χ0v) is 16.1. The molecule has 0 radical (unpaired) electrons. The van der Waals surface area contributed by atoms with E-state index in [0.717, 1.165) is 19.3 Å². The molecule has 0 aromatic heterocycles. The van der Waals surface area contributed by atoms with Gasteiger partial charge in [0.25, 0.3) is 0 Å². The minimum Gasteiger partial charge on any atom is -0.343 e. The summed E-state index contributed by atoms with van der Waals surface area (Å²) in [4.78, 5) is 14.0. The van der Waals surface area contributed by atoms with Crippen LogP contribution in [0, 0.1) is 12.8 Å². The van der Waals surface area contributed by atoms with Crippen molar-refractivity contribution in [1.82, 2.24) is 4.90 Å². The maximum atomic E-state index is 12.0. The van der Waals surface area contributed by atoms with Gasteiger partial charge in [0.1, 0.15) is 0 Å². The van der Waals surface area contributed by atoms with Gasteiger partial charge in [-0.25, -0.2) is 0 Å². The van der Waals surface area contributed by atoms with Crippen LogP contribution in [-0.2, 0) is 4.79 Å². The fourth-order valence-corrected chi connectivity index (χ4v) is 4.77. The summed E-state index contributed by atoms with van der Waals surface area (Å²) in [5, 5.41) is 0. The third-order valence-corrected chi connectivity index (χ3v) is 6.30. The van der Waals surface area contributed by atoms with E-state index < -0.39 is 0 Å². The van der Waals surface area contributed by atoms with Gasteiger partial charge in [-0.2, -0.15) is 0 Å². The number of benzene rings is 1. The molecule has 1 aromatic rings. The number of amides is 1. The van der Waals surface area contributed by atoms with Gasteiger partial charge in [0.2, 0.25) is 5.91 Å². The van der Waals surface area contributed by atoms with E-state index in [9.17, 15) is 4.79 Å². The molecule has 2 aliphatic rings. The van der Waals surface area contributed by atoms with Gasteiger partial charge >= 0.3 is 0 Å². The maximum Gasteiger partial charge on any atom is 0.219 e. The summed E-state index contributed by atoms with van der Waals surface area (Å²) in [5.74, 6) is 1.32. The molecule has 134 valence electrons. The van der Waals surface area contributed by atoms with Crippen LogP contribution in [0.15, 0.2) is 47.6 Å². The smallest absolute Gasteiger partial charge is 0.219 e. The second-order valence-electron chi connectivity index (χ2n) is 7.89. The molecule has 2 aliphatic carbocycles. The summed E-state index contributed by atoms with van der Waals surface area (Å²) in [6, 6.07) is 9.12. The van der Waals surface area contributed by atoms with Crippen molar-refractivity contribution in [2.45, 2.75) is 64.8 Å². The van der Waals surface area contributed by atoms with E-state index in [0.29, 0.717) is 17.9 Å². The van der Waals surface area contributed by atoms with E-state index in [4.69, 9.17) is 0 Å². The molecule has 1 aromatic carbocycles. The minimum absolute atomic E-state index is 0.184. The van der Waals surface area contributed by atoms with Crippen molar-refractivity contribution >= 4 is 5.91 Å². The Labute approximate surface area is 152 Å². The summed E-state index contributed by atoms with van der Waals surface area (Å²) < 4.78 is 0. The Kier molecular flexibility index (Phi) is 5.46. The first-order valence-electron chi connectivity index (χ1n) is 9.62. The Morgan fingerprint density at radius 1 is 1.08 bits per heavy atom. The van der Waals surface area contributed by atoms with Gasteiger partial charge in [-0.05, 0) is 68.9 Å². The van der Waals surface area contributed by atoms with Crippen molar-refractivity contribution in [3.8, 4) is 0 Å². The summed E-state index contributed by atoms with van der Waals surface area (Å²) in [7, 11) is 1.98. The second-order valence-corrected chi connectivity index (χ2v) is 7.89. The normalized spacial score (nSPS) is 26.6. The summed E-state index contributed by atoms with van der Waals surface area (Å²) in [5.41, 5.74) is 5.93. The highest BCUT2D eigenvalue weighted by Gasteiger charge is 2.35. The number of aryl methyl sites for hydroxylation is 1. The highest BCUT2D eigenvalue weighted by atomic mass is 16.2. The molecule has 0 N–H and O–H groups in total. The van der Waals surface area contributed by atoms with Crippen molar-refractivity contribution in [3.05, 3.63) is 58.7 Å². The Morgan fingerprint density at radius 3 is 2.48 bits per heavy atom. The Morgan fingerprint density at radius 2 is 1.80 bits per heavy atom. The van der Waals surface area contributed by atoms with E-state index in [1.54, 1.807) is 12.5 Å². The molecule has 3 unspecified atom stereocenters. The standard InChI is InChI=1S/C23H31NO/c1-16-9-5-7-11-22(16)19-13-20(23-12-8-6-10-17(23)2)15-21(14-19)24(4)18(3)25/h5-7,9-11,19-21H,8,12-15H2,1-4H3. The van der Waals surface area contributed by atoms with Gasteiger partial charge < -0.3 is 4.90 Å². The molecule has 3 atom stereocenters. The predicted molar refractivity (Wildman–Crippen MR) is 105 cm³/mol. The molecule has 2 nitrogen and oxygen atoms in total. The number of carbonyl (C=O) groups is 1. The fourth-order valence-electron chi connectivity index (χ4n) is 4.77. The van der Waals surface area contributed by atoms with Crippen molar-refractivity contribution in [2.75, 3.05) is 7.05 Å². The van der Waals surface area contributed by atoms with Gasteiger partial charge in [-0.1, -0.05) is 47.6 Å². The molecule has 0 saturated heterocycles. The lowest BCUT2D eigenvalue weighted by molar-refractivity contribution is -0.130. The van der Waals surface area contributed by atoms with Crippen molar-refractivity contribution in [2.24, 2.45) is 5.92 Å². The lowest BCUT2D eigenvalue weighted by atomic mass is 9.70. The topological polar surface area (TPSA) is 20.3 Å². The van der Waals surface area contributed by atoms with Crippen molar-refractivity contribution < 1.29 is 4.79 Å². The quantitative estimate of drug-likeness (QED) is 0.724. The molecule has 2 heteroatoms. The molecule has 0 bridgehead atoms. The summed E-state index contributed by atoms with van der Waals surface area (Å²) >= 11 is 0. The van der Waals surface area contributed by atoms with Crippen LogP contribution >= 0.6 is 0 Å². The Bertz CT molecular complexity index is 700. The van der Waals surface area contributed by atoms with Crippen molar-refractivity contribution in [3.63, 3.8) is 0 Å². The Hall–Kier alpha value is -1.83. The highest BCUT2D eigenvalue weighted by molar-refractivity contribution is 5.73. The lowest BCUT2D eigenvalue weighted by Gasteiger charge is -2.41. The third kappa shape index (κ3) is 3.89. The molecule has 1 amide bonds. The lowest BCUT2D eigenvalue weighted by Crippen LogP contribution is -2.41. The average molecular weight is 338 g/mol.